The Labute approximate surface area is 116 Å². The van der Waals surface area contributed by atoms with Crippen molar-refractivity contribution in [2.75, 3.05) is 12.3 Å². The zero-order valence-corrected chi connectivity index (χ0v) is 12.3. The Morgan fingerprint density at radius 3 is 2.39 bits per heavy atom. The number of rotatable bonds is 4. The number of thiocarbonyl (C=S) groups is 1. The second kappa shape index (κ2) is 6.29. The minimum absolute atomic E-state index is 0.0536. The number of carbonyl (C=O) groups excluding carboxylic acids is 2. The number of nitrogens with one attached hydrogen (secondary N) is 2. The number of thioether (sulfide) groups is 1. The lowest BCUT2D eigenvalue weighted by molar-refractivity contribution is -0.131. The number of hydrogen-bond donors (Lipinski definition) is 2. The number of hydrogen-bond acceptors (Lipinski definition) is 5. The van der Waals surface area contributed by atoms with E-state index in [-0.39, 0.29) is 9.86 Å². The fourth-order valence-corrected chi connectivity index (χ4v) is 2.26. The van der Waals surface area contributed by atoms with Gasteiger partial charge in [0.25, 0.3) is 0 Å². The van der Waals surface area contributed by atoms with Crippen molar-refractivity contribution in [3.8, 4) is 0 Å². The second-order valence-electron chi connectivity index (χ2n) is 4.80. The molecule has 0 radical (unpaired) electrons. The third-order valence-corrected chi connectivity index (χ3v) is 3.51. The van der Waals surface area contributed by atoms with Gasteiger partial charge in [-0.2, -0.15) is 11.8 Å². The van der Waals surface area contributed by atoms with E-state index in [1.54, 1.807) is 11.8 Å². The molecule has 0 spiro atoms. The second-order valence-corrected chi connectivity index (χ2v) is 7.13. The molecule has 1 heterocycles. The highest BCUT2D eigenvalue weighted by molar-refractivity contribution is 8.00. The molecule has 1 aliphatic heterocycles. The Bertz CT molecular complexity index is 368. The zero-order chi connectivity index (χ0) is 13.8. The molecule has 0 aliphatic carbocycles. The molecule has 1 fully saturated rings. The predicted octanol–water partition coefficient (Wildman–Crippen LogP) is 0.736. The summed E-state index contributed by atoms with van der Waals surface area (Å²) in [6, 6.07) is 0. The molecule has 1 aliphatic rings. The lowest BCUT2D eigenvalue weighted by Gasteiger charge is -2.19. The molecule has 0 aromatic carbocycles. The summed E-state index contributed by atoms with van der Waals surface area (Å²) in [7, 11) is 0. The lowest BCUT2D eigenvalue weighted by Crippen LogP contribution is -2.56. The maximum Gasteiger partial charge on any atom is 0.244 e. The van der Waals surface area contributed by atoms with E-state index in [0.717, 1.165) is 5.75 Å². The van der Waals surface area contributed by atoms with Crippen molar-refractivity contribution in [3.63, 3.8) is 0 Å². The summed E-state index contributed by atoms with van der Waals surface area (Å²) in [6.07, 6.45) is 1.38. The molecule has 5 nitrogen and oxygen atoms in total. The van der Waals surface area contributed by atoms with Crippen LogP contribution in [0.2, 0.25) is 0 Å². The van der Waals surface area contributed by atoms with E-state index < -0.39 is 17.7 Å². The summed E-state index contributed by atoms with van der Waals surface area (Å²) >= 11 is 6.48. The molecule has 0 bridgehead atoms. The van der Waals surface area contributed by atoms with Gasteiger partial charge in [0.2, 0.25) is 11.8 Å². The lowest BCUT2D eigenvalue weighted by atomic mass is 10.1. The van der Waals surface area contributed by atoms with E-state index in [0.29, 0.717) is 6.54 Å². The minimum atomic E-state index is -0.878. The summed E-state index contributed by atoms with van der Waals surface area (Å²) in [4.78, 5) is 27.1. The molecule has 100 valence electrons. The van der Waals surface area contributed by atoms with E-state index in [1.807, 2.05) is 0 Å². The molecule has 0 saturated carbocycles. The van der Waals surface area contributed by atoms with Gasteiger partial charge in [0.05, 0.1) is 0 Å². The van der Waals surface area contributed by atoms with E-state index in [2.05, 4.69) is 36.4 Å². The van der Waals surface area contributed by atoms with Crippen molar-refractivity contribution >= 4 is 47.1 Å². The average Bonchev–Trinajstić information content (AvgIpc) is 2.19. The SMILES string of the molecule is CC(C)(C)SCCN=CC1C(=O)NC(=S)NC1=O. The van der Waals surface area contributed by atoms with Gasteiger partial charge >= 0.3 is 0 Å². The molecule has 1 rings (SSSR count). The molecule has 0 aromatic heterocycles. The minimum Gasteiger partial charge on any atom is -0.302 e. The first-order valence-corrected chi connectivity index (χ1v) is 6.98. The van der Waals surface area contributed by atoms with Crippen molar-refractivity contribution in [2.45, 2.75) is 25.5 Å². The molecule has 0 aromatic rings. The van der Waals surface area contributed by atoms with Crippen molar-refractivity contribution in [1.82, 2.24) is 10.6 Å². The average molecular weight is 287 g/mol. The van der Waals surface area contributed by atoms with Crippen LogP contribution in [0.4, 0.5) is 0 Å². The number of carbonyl (C=O) groups is 2. The van der Waals surface area contributed by atoms with Crippen LogP contribution in [0, 0.1) is 5.92 Å². The van der Waals surface area contributed by atoms with Gasteiger partial charge in [-0.05, 0) is 12.2 Å². The Hall–Kier alpha value is -0.950. The Morgan fingerprint density at radius 1 is 1.33 bits per heavy atom. The number of amides is 2. The maximum absolute atomic E-state index is 11.5. The highest BCUT2D eigenvalue weighted by atomic mass is 32.2. The van der Waals surface area contributed by atoms with Crippen LogP contribution in [0.25, 0.3) is 0 Å². The normalized spacial score (nSPS) is 18.1. The van der Waals surface area contributed by atoms with Crippen LogP contribution < -0.4 is 10.6 Å². The fourth-order valence-electron chi connectivity index (χ4n) is 1.25. The van der Waals surface area contributed by atoms with Crippen LogP contribution in [0.5, 0.6) is 0 Å². The third-order valence-electron chi connectivity index (χ3n) is 2.05. The van der Waals surface area contributed by atoms with Gasteiger partial charge in [-0.3, -0.25) is 14.6 Å². The molecule has 0 atom stereocenters. The van der Waals surface area contributed by atoms with Gasteiger partial charge in [-0.25, -0.2) is 0 Å². The van der Waals surface area contributed by atoms with Crippen LogP contribution >= 0.6 is 24.0 Å². The fraction of sp³-hybridized carbons (Fsp3) is 0.636. The Morgan fingerprint density at radius 2 is 1.89 bits per heavy atom. The first-order valence-electron chi connectivity index (χ1n) is 5.59. The number of nitrogens with zero attached hydrogens (tertiary/aromatic N) is 1. The van der Waals surface area contributed by atoms with Crippen molar-refractivity contribution in [2.24, 2.45) is 10.9 Å². The monoisotopic (exact) mass is 287 g/mol. The van der Waals surface area contributed by atoms with Crippen molar-refractivity contribution in [1.29, 1.82) is 0 Å². The summed E-state index contributed by atoms with van der Waals surface area (Å²) in [6.45, 7) is 6.97. The third kappa shape index (κ3) is 5.14. The van der Waals surface area contributed by atoms with Gasteiger partial charge in [0, 0.05) is 23.3 Å². The van der Waals surface area contributed by atoms with Crippen molar-refractivity contribution in [3.05, 3.63) is 0 Å². The smallest absolute Gasteiger partial charge is 0.244 e. The highest BCUT2D eigenvalue weighted by Crippen LogP contribution is 2.22. The summed E-state index contributed by atoms with van der Waals surface area (Å²) in [5.41, 5.74) is 0. The van der Waals surface area contributed by atoms with Crippen LogP contribution in [-0.2, 0) is 9.59 Å². The summed E-state index contributed by atoms with van der Waals surface area (Å²) < 4.78 is 0.196. The standard InChI is InChI=1S/C11H17N3O2S2/c1-11(2,3)18-5-4-12-6-7-8(15)13-10(17)14-9(7)16/h6-7H,4-5H2,1-3H3,(H2,13,14,15,16,17). The van der Waals surface area contributed by atoms with E-state index >= 15 is 0 Å². The van der Waals surface area contributed by atoms with E-state index in [4.69, 9.17) is 12.2 Å². The predicted molar refractivity (Wildman–Crippen MR) is 77.9 cm³/mol. The van der Waals surface area contributed by atoms with Crippen LogP contribution in [0.15, 0.2) is 4.99 Å². The largest absolute Gasteiger partial charge is 0.302 e. The van der Waals surface area contributed by atoms with Gasteiger partial charge in [-0.1, -0.05) is 20.8 Å². The zero-order valence-electron chi connectivity index (χ0n) is 10.6. The van der Waals surface area contributed by atoms with Crippen LogP contribution in [0.1, 0.15) is 20.8 Å². The topological polar surface area (TPSA) is 70.6 Å². The molecule has 0 unspecified atom stereocenters. The van der Waals surface area contributed by atoms with Crippen LogP contribution in [0.3, 0.4) is 0 Å². The van der Waals surface area contributed by atoms with Gasteiger partial charge in [0.15, 0.2) is 11.0 Å². The highest BCUT2D eigenvalue weighted by Gasteiger charge is 2.30. The molecule has 1 saturated heterocycles. The quantitative estimate of drug-likeness (QED) is 0.346. The van der Waals surface area contributed by atoms with Crippen LogP contribution in [-0.4, -0.2) is 40.2 Å². The van der Waals surface area contributed by atoms with Gasteiger partial charge in [-0.15, -0.1) is 0 Å². The summed E-state index contributed by atoms with van der Waals surface area (Å²) in [5, 5.41) is 4.83. The Balaban J connectivity index is 2.40. The maximum atomic E-state index is 11.5. The molecule has 7 heteroatoms. The number of aliphatic imine (C=N–C) groups is 1. The Kier molecular flexibility index (Phi) is 5.28. The molecular weight excluding hydrogens is 270 g/mol. The van der Waals surface area contributed by atoms with Gasteiger partial charge in [0.1, 0.15) is 0 Å². The van der Waals surface area contributed by atoms with Gasteiger partial charge < -0.3 is 10.6 Å². The molecular formula is C11H17N3O2S2. The molecule has 2 N–H and O–H groups in total. The first kappa shape index (κ1) is 15.1. The molecule has 18 heavy (non-hydrogen) atoms. The van der Waals surface area contributed by atoms with E-state index in [9.17, 15) is 9.59 Å². The van der Waals surface area contributed by atoms with Crippen molar-refractivity contribution < 1.29 is 9.59 Å². The first-order chi connectivity index (χ1) is 8.29. The summed E-state index contributed by atoms with van der Waals surface area (Å²) in [5.74, 6) is -0.864. The molecule has 2 amide bonds. The van der Waals surface area contributed by atoms with E-state index in [1.165, 1.54) is 6.21 Å².